The molecule has 126 valence electrons. The van der Waals surface area contributed by atoms with Gasteiger partial charge in [-0.1, -0.05) is 17.7 Å². The molecule has 24 heavy (non-hydrogen) atoms. The Labute approximate surface area is 144 Å². The van der Waals surface area contributed by atoms with E-state index in [2.05, 4.69) is 10.3 Å². The molecule has 2 aromatic rings. The number of carbonyl (C=O) groups excluding carboxylic acids is 1. The minimum Gasteiger partial charge on any atom is -0.403 e. The molecule has 0 aromatic carbocycles. The van der Waals surface area contributed by atoms with Crippen LogP contribution in [0.25, 0.3) is 5.65 Å². The molecule has 4 N–H and O–H groups in total. The van der Waals surface area contributed by atoms with Crippen LogP contribution in [0.3, 0.4) is 0 Å². The van der Waals surface area contributed by atoms with Gasteiger partial charge in [-0.15, -0.1) is 0 Å². The van der Waals surface area contributed by atoms with Crippen LogP contribution in [-0.2, 0) is 4.79 Å². The first-order valence-corrected chi connectivity index (χ1v) is 8.02. The normalized spacial score (nSPS) is 16.8. The number of nitrogens with one attached hydrogen (secondary N) is 2. The summed E-state index contributed by atoms with van der Waals surface area (Å²) in [4.78, 5) is 18.4. The van der Waals surface area contributed by atoms with Crippen molar-refractivity contribution in [2.24, 2.45) is 11.7 Å². The van der Waals surface area contributed by atoms with Gasteiger partial charge in [-0.2, -0.15) is 0 Å². The van der Waals surface area contributed by atoms with Crippen LogP contribution in [0, 0.1) is 11.3 Å². The second-order valence-corrected chi connectivity index (χ2v) is 6.21. The highest BCUT2D eigenvalue weighted by molar-refractivity contribution is 6.42. The van der Waals surface area contributed by atoms with Gasteiger partial charge in [-0.05, 0) is 19.1 Å². The lowest BCUT2D eigenvalue weighted by molar-refractivity contribution is -0.129. The molecule has 1 atom stereocenters. The molecule has 0 spiro atoms. The molecule has 0 aliphatic carbocycles. The number of imidazole rings is 1. The number of carbonyl (C=O) groups is 1. The Morgan fingerprint density at radius 1 is 1.54 bits per heavy atom. The van der Waals surface area contributed by atoms with E-state index < -0.39 is 0 Å². The molecule has 2 aromatic heterocycles. The van der Waals surface area contributed by atoms with Crippen molar-refractivity contribution in [2.75, 3.05) is 13.1 Å². The molecule has 1 saturated heterocycles. The Morgan fingerprint density at radius 2 is 2.29 bits per heavy atom. The second-order valence-electron chi connectivity index (χ2n) is 5.81. The lowest BCUT2D eigenvalue weighted by Crippen LogP contribution is -2.55. The van der Waals surface area contributed by atoms with Gasteiger partial charge in [0, 0.05) is 25.5 Å². The highest BCUT2D eigenvalue weighted by Crippen LogP contribution is 2.21. The van der Waals surface area contributed by atoms with Crippen molar-refractivity contribution in [3.05, 3.63) is 47.5 Å². The predicted molar refractivity (Wildman–Crippen MR) is 92.7 cm³/mol. The number of rotatable bonds is 4. The maximum atomic E-state index is 12.4. The molecular formula is C16H19ClN6O. The number of aromatic nitrogens is 2. The fourth-order valence-corrected chi connectivity index (χ4v) is 2.85. The van der Waals surface area contributed by atoms with Crippen LogP contribution in [-0.4, -0.2) is 39.1 Å². The van der Waals surface area contributed by atoms with Crippen molar-refractivity contribution >= 4 is 29.0 Å². The number of amides is 1. The second kappa shape index (κ2) is 6.52. The standard InChI is InChI=1S/C16H19ClN6O/c1-10(13-7-20-14-4-2-3-5-23(13)14)21-16(24)11-8-22(9-11)15(19)12(17)6-18/h2-7,10-11,19H,8-9,18H2,1H3,(H,21,24). The summed E-state index contributed by atoms with van der Waals surface area (Å²) in [5.74, 6) is -0.0439. The number of hydrogen-bond donors (Lipinski definition) is 3. The maximum absolute atomic E-state index is 12.4. The number of fused-ring (bicyclic) bond motifs is 1. The van der Waals surface area contributed by atoms with E-state index in [4.69, 9.17) is 22.7 Å². The van der Waals surface area contributed by atoms with Crippen LogP contribution < -0.4 is 11.1 Å². The third-order valence-electron chi connectivity index (χ3n) is 4.19. The number of hydrogen-bond acceptors (Lipinski definition) is 4. The van der Waals surface area contributed by atoms with Crippen LogP contribution in [0.15, 0.2) is 41.8 Å². The smallest absolute Gasteiger partial charge is 0.227 e. The van der Waals surface area contributed by atoms with Gasteiger partial charge in [0.25, 0.3) is 0 Å². The average Bonchev–Trinajstić information content (AvgIpc) is 2.96. The zero-order valence-electron chi connectivity index (χ0n) is 13.2. The van der Waals surface area contributed by atoms with E-state index in [9.17, 15) is 4.79 Å². The number of nitrogens with two attached hydrogens (primary N) is 1. The molecule has 3 rings (SSSR count). The molecule has 0 radical (unpaired) electrons. The van der Waals surface area contributed by atoms with Crippen LogP contribution in [0.2, 0.25) is 0 Å². The van der Waals surface area contributed by atoms with E-state index in [1.807, 2.05) is 35.7 Å². The van der Waals surface area contributed by atoms with Crippen LogP contribution in [0.4, 0.5) is 0 Å². The molecule has 0 saturated carbocycles. The van der Waals surface area contributed by atoms with E-state index in [1.54, 1.807) is 11.1 Å². The highest BCUT2D eigenvalue weighted by Gasteiger charge is 2.35. The summed E-state index contributed by atoms with van der Waals surface area (Å²) in [5, 5.41) is 11.0. The molecule has 3 heterocycles. The lowest BCUT2D eigenvalue weighted by atomic mass is 9.98. The molecule has 1 aliphatic rings. The number of amidine groups is 1. The Bertz CT molecular complexity index is 808. The van der Waals surface area contributed by atoms with Crippen molar-refractivity contribution in [3.8, 4) is 0 Å². The summed E-state index contributed by atoms with van der Waals surface area (Å²) in [6.45, 7) is 2.87. The van der Waals surface area contributed by atoms with Crippen LogP contribution >= 0.6 is 11.6 Å². The summed E-state index contributed by atoms with van der Waals surface area (Å²) < 4.78 is 1.96. The Morgan fingerprint density at radius 3 is 3.00 bits per heavy atom. The van der Waals surface area contributed by atoms with Crippen molar-refractivity contribution in [2.45, 2.75) is 13.0 Å². The largest absolute Gasteiger partial charge is 0.403 e. The monoisotopic (exact) mass is 346 g/mol. The molecule has 8 heteroatoms. The van der Waals surface area contributed by atoms with Crippen molar-refractivity contribution in [1.29, 1.82) is 5.41 Å². The van der Waals surface area contributed by atoms with Crippen molar-refractivity contribution in [3.63, 3.8) is 0 Å². The predicted octanol–water partition coefficient (Wildman–Crippen LogP) is 1.46. The molecule has 1 fully saturated rings. The zero-order valence-corrected chi connectivity index (χ0v) is 14.0. The van der Waals surface area contributed by atoms with Gasteiger partial charge in [-0.25, -0.2) is 4.98 Å². The van der Waals surface area contributed by atoms with Gasteiger partial charge in [0.1, 0.15) is 11.5 Å². The van der Waals surface area contributed by atoms with Crippen LogP contribution in [0.1, 0.15) is 18.7 Å². The summed E-state index contributed by atoms with van der Waals surface area (Å²) in [5.41, 5.74) is 7.08. The SMILES string of the molecule is CC(NC(=O)C1CN(C(=N)C(Cl)=CN)C1)c1cnc2ccccn12. The lowest BCUT2D eigenvalue weighted by Gasteiger charge is -2.40. The zero-order chi connectivity index (χ0) is 17.3. The number of likely N-dealkylation sites (tertiary alicyclic amines) is 1. The first kappa shape index (κ1) is 16.3. The number of nitrogens with zero attached hydrogens (tertiary/aromatic N) is 3. The summed E-state index contributed by atoms with van der Waals surface area (Å²) in [7, 11) is 0. The number of halogens is 1. The minimum atomic E-state index is -0.158. The quantitative estimate of drug-likeness (QED) is 0.576. The van der Waals surface area contributed by atoms with Crippen LogP contribution in [0.5, 0.6) is 0 Å². The average molecular weight is 347 g/mol. The maximum Gasteiger partial charge on any atom is 0.227 e. The van der Waals surface area contributed by atoms with Gasteiger partial charge < -0.3 is 20.4 Å². The summed E-state index contributed by atoms with van der Waals surface area (Å²) >= 11 is 5.82. The topological polar surface area (TPSA) is 99.5 Å². The molecule has 7 nitrogen and oxygen atoms in total. The van der Waals surface area contributed by atoms with E-state index in [0.29, 0.717) is 13.1 Å². The highest BCUT2D eigenvalue weighted by atomic mass is 35.5. The third-order valence-corrected chi connectivity index (χ3v) is 4.49. The summed E-state index contributed by atoms with van der Waals surface area (Å²) in [6, 6.07) is 5.61. The van der Waals surface area contributed by atoms with Crippen molar-refractivity contribution < 1.29 is 4.79 Å². The molecule has 0 bridgehead atoms. The Balaban J connectivity index is 1.59. The van der Waals surface area contributed by atoms with Gasteiger partial charge in [0.05, 0.1) is 28.9 Å². The molecular weight excluding hydrogens is 328 g/mol. The summed E-state index contributed by atoms with van der Waals surface area (Å²) in [6.07, 6.45) is 4.88. The van der Waals surface area contributed by atoms with Gasteiger partial charge in [-0.3, -0.25) is 10.2 Å². The van der Waals surface area contributed by atoms with Crippen molar-refractivity contribution in [1.82, 2.24) is 19.6 Å². The Kier molecular flexibility index (Phi) is 4.44. The fraction of sp³-hybridized carbons (Fsp3) is 0.312. The molecule has 1 aliphatic heterocycles. The van der Waals surface area contributed by atoms with E-state index in [0.717, 1.165) is 11.3 Å². The Hall–Kier alpha value is -2.54. The molecule has 1 unspecified atom stereocenters. The van der Waals surface area contributed by atoms with E-state index in [1.165, 1.54) is 6.20 Å². The van der Waals surface area contributed by atoms with Gasteiger partial charge >= 0.3 is 0 Å². The van der Waals surface area contributed by atoms with Gasteiger partial charge in [0.15, 0.2) is 0 Å². The first-order chi connectivity index (χ1) is 11.5. The number of pyridine rings is 1. The van der Waals surface area contributed by atoms with Gasteiger partial charge in [0.2, 0.25) is 5.91 Å². The van der Waals surface area contributed by atoms with E-state index in [-0.39, 0.29) is 28.7 Å². The minimum absolute atomic E-state index is 0.0368. The first-order valence-electron chi connectivity index (χ1n) is 7.65. The van der Waals surface area contributed by atoms with E-state index >= 15 is 0 Å². The third kappa shape index (κ3) is 2.94. The molecule has 1 amide bonds. The fourth-order valence-electron chi connectivity index (χ4n) is 2.73.